The molecule has 1 N–H and O–H groups in total. The molecule has 0 aliphatic carbocycles. The Morgan fingerprint density at radius 1 is 1.40 bits per heavy atom. The Hall–Kier alpha value is -1.75. The molecule has 0 fully saturated rings. The van der Waals surface area contributed by atoms with Crippen LogP contribution >= 0.6 is 0 Å². The van der Waals surface area contributed by atoms with Gasteiger partial charge in [-0.05, 0) is 12.5 Å². The van der Waals surface area contributed by atoms with E-state index in [0.717, 1.165) is 30.4 Å². The van der Waals surface area contributed by atoms with E-state index in [2.05, 4.69) is 23.9 Å². The molecule has 0 atom stereocenters. The van der Waals surface area contributed by atoms with E-state index in [9.17, 15) is 0 Å². The van der Waals surface area contributed by atoms with E-state index in [1.54, 1.807) is 0 Å². The minimum absolute atomic E-state index is 0.851. The second-order valence-electron chi connectivity index (χ2n) is 3.24. The van der Waals surface area contributed by atoms with Crippen LogP contribution in [0.1, 0.15) is 37.3 Å². The highest BCUT2D eigenvalue weighted by Gasteiger charge is 1.94. The van der Waals surface area contributed by atoms with Crippen molar-refractivity contribution >= 4 is 6.21 Å². The fraction of sp³-hybridized carbons (Fsp3) is 0.308. The van der Waals surface area contributed by atoms with Crippen LogP contribution in [0, 0.1) is 11.8 Å². The summed E-state index contributed by atoms with van der Waals surface area (Å²) in [6.07, 6.45) is 4.61. The number of nitrogens with zero attached hydrogens (tertiary/aromatic N) is 1. The number of oxime groups is 1. The number of hydrogen-bond donors (Lipinski definition) is 1. The van der Waals surface area contributed by atoms with E-state index in [-0.39, 0.29) is 0 Å². The molecular formula is C13H15NO. The van der Waals surface area contributed by atoms with Crippen molar-refractivity contribution < 1.29 is 5.21 Å². The lowest BCUT2D eigenvalue weighted by Gasteiger charge is -1.95. The standard InChI is InChI=1S/C13H15NO/c1-2-3-4-5-8-12-9-6-7-10-13(12)11-14-15/h6-7,9-11,15H,2-4H2,1H3. The first kappa shape index (κ1) is 11.3. The molecule has 0 saturated carbocycles. The van der Waals surface area contributed by atoms with Crippen LogP contribution in [0.25, 0.3) is 0 Å². The molecule has 0 spiro atoms. The summed E-state index contributed by atoms with van der Waals surface area (Å²) in [6.45, 7) is 2.15. The molecule has 0 aliphatic rings. The number of unbranched alkanes of at least 4 members (excludes halogenated alkanes) is 2. The van der Waals surface area contributed by atoms with Gasteiger partial charge in [-0.25, -0.2) is 0 Å². The number of hydrogen-bond acceptors (Lipinski definition) is 2. The maximum Gasteiger partial charge on any atom is 0.0746 e. The van der Waals surface area contributed by atoms with Gasteiger partial charge < -0.3 is 5.21 Å². The molecule has 0 heterocycles. The van der Waals surface area contributed by atoms with Crippen molar-refractivity contribution in [1.29, 1.82) is 0 Å². The van der Waals surface area contributed by atoms with E-state index < -0.39 is 0 Å². The highest BCUT2D eigenvalue weighted by Crippen LogP contribution is 2.04. The molecular weight excluding hydrogens is 186 g/mol. The van der Waals surface area contributed by atoms with Gasteiger partial charge in [-0.2, -0.15) is 0 Å². The van der Waals surface area contributed by atoms with Crippen LogP contribution < -0.4 is 0 Å². The fourth-order valence-corrected chi connectivity index (χ4v) is 1.21. The van der Waals surface area contributed by atoms with Crippen molar-refractivity contribution in [1.82, 2.24) is 0 Å². The Labute approximate surface area is 90.6 Å². The van der Waals surface area contributed by atoms with Crippen LogP contribution in [0.2, 0.25) is 0 Å². The highest BCUT2D eigenvalue weighted by atomic mass is 16.4. The van der Waals surface area contributed by atoms with Gasteiger partial charge in [0, 0.05) is 17.5 Å². The Morgan fingerprint density at radius 3 is 2.93 bits per heavy atom. The molecule has 2 nitrogen and oxygen atoms in total. The van der Waals surface area contributed by atoms with Crippen molar-refractivity contribution in [3.05, 3.63) is 35.4 Å². The zero-order valence-electron chi connectivity index (χ0n) is 8.90. The van der Waals surface area contributed by atoms with Gasteiger partial charge in [0.05, 0.1) is 6.21 Å². The summed E-state index contributed by atoms with van der Waals surface area (Å²) in [6, 6.07) is 7.63. The maximum absolute atomic E-state index is 8.48. The number of rotatable bonds is 3. The smallest absolute Gasteiger partial charge is 0.0746 e. The van der Waals surface area contributed by atoms with Gasteiger partial charge in [-0.1, -0.05) is 48.5 Å². The summed E-state index contributed by atoms with van der Waals surface area (Å²) in [7, 11) is 0. The van der Waals surface area contributed by atoms with Crippen LogP contribution in [0.15, 0.2) is 29.4 Å². The second-order valence-corrected chi connectivity index (χ2v) is 3.24. The third-order valence-corrected chi connectivity index (χ3v) is 2.04. The SMILES string of the molecule is CCCCC#Cc1ccccc1C=NO. The average molecular weight is 201 g/mol. The van der Waals surface area contributed by atoms with Crippen molar-refractivity contribution in [2.24, 2.45) is 5.16 Å². The monoisotopic (exact) mass is 201 g/mol. The Balaban J connectivity index is 2.77. The van der Waals surface area contributed by atoms with Gasteiger partial charge in [0.2, 0.25) is 0 Å². The summed E-state index contributed by atoms with van der Waals surface area (Å²) in [5.74, 6) is 6.19. The van der Waals surface area contributed by atoms with Crippen LogP contribution in [-0.4, -0.2) is 11.4 Å². The Morgan fingerprint density at radius 2 is 2.20 bits per heavy atom. The molecule has 1 aromatic rings. The second kappa shape index (κ2) is 6.67. The molecule has 15 heavy (non-hydrogen) atoms. The third-order valence-electron chi connectivity index (χ3n) is 2.04. The average Bonchev–Trinajstić information content (AvgIpc) is 2.27. The van der Waals surface area contributed by atoms with Gasteiger partial charge in [0.1, 0.15) is 0 Å². The quantitative estimate of drug-likeness (QED) is 0.263. The molecule has 0 bridgehead atoms. The van der Waals surface area contributed by atoms with Gasteiger partial charge in [-0.3, -0.25) is 0 Å². The van der Waals surface area contributed by atoms with Crippen molar-refractivity contribution in [3.63, 3.8) is 0 Å². The first-order valence-corrected chi connectivity index (χ1v) is 5.13. The molecule has 78 valence electrons. The van der Waals surface area contributed by atoms with Crippen LogP contribution in [0.3, 0.4) is 0 Å². The zero-order chi connectivity index (χ0) is 10.9. The number of benzene rings is 1. The fourth-order valence-electron chi connectivity index (χ4n) is 1.21. The van der Waals surface area contributed by atoms with Crippen LogP contribution in [0.4, 0.5) is 0 Å². The van der Waals surface area contributed by atoms with Gasteiger partial charge in [0.15, 0.2) is 0 Å². The third kappa shape index (κ3) is 3.86. The van der Waals surface area contributed by atoms with E-state index in [1.807, 2.05) is 24.3 Å². The molecule has 1 rings (SSSR count). The Kier molecular flexibility index (Phi) is 5.03. The minimum atomic E-state index is 0.851. The summed E-state index contributed by atoms with van der Waals surface area (Å²) in [5.41, 5.74) is 1.76. The molecule has 0 aromatic heterocycles. The summed E-state index contributed by atoms with van der Waals surface area (Å²) in [4.78, 5) is 0. The van der Waals surface area contributed by atoms with E-state index in [0.29, 0.717) is 0 Å². The Bertz CT molecular complexity index is 385. The molecule has 0 aliphatic heterocycles. The summed E-state index contributed by atoms with van der Waals surface area (Å²) >= 11 is 0. The van der Waals surface area contributed by atoms with Gasteiger partial charge in [-0.15, -0.1) is 0 Å². The molecule has 0 saturated heterocycles. The minimum Gasteiger partial charge on any atom is -0.411 e. The predicted molar refractivity (Wildman–Crippen MR) is 62.2 cm³/mol. The lowest BCUT2D eigenvalue weighted by atomic mass is 10.1. The van der Waals surface area contributed by atoms with Gasteiger partial charge >= 0.3 is 0 Å². The van der Waals surface area contributed by atoms with Crippen molar-refractivity contribution in [2.75, 3.05) is 0 Å². The predicted octanol–water partition coefficient (Wildman–Crippen LogP) is 3.04. The molecule has 1 aromatic carbocycles. The van der Waals surface area contributed by atoms with Crippen molar-refractivity contribution in [2.45, 2.75) is 26.2 Å². The summed E-state index contributed by atoms with van der Waals surface area (Å²) in [5, 5.41) is 11.5. The molecule has 0 amide bonds. The highest BCUT2D eigenvalue weighted by molar-refractivity contribution is 5.82. The lowest BCUT2D eigenvalue weighted by molar-refractivity contribution is 0.322. The van der Waals surface area contributed by atoms with Crippen LogP contribution in [0.5, 0.6) is 0 Å². The topological polar surface area (TPSA) is 32.6 Å². The van der Waals surface area contributed by atoms with Crippen molar-refractivity contribution in [3.8, 4) is 11.8 Å². The van der Waals surface area contributed by atoms with E-state index in [4.69, 9.17) is 5.21 Å². The first-order chi connectivity index (χ1) is 7.38. The molecule has 0 radical (unpaired) electrons. The summed E-state index contributed by atoms with van der Waals surface area (Å²) < 4.78 is 0. The lowest BCUT2D eigenvalue weighted by Crippen LogP contribution is -1.86. The first-order valence-electron chi connectivity index (χ1n) is 5.13. The largest absolute Gasteiger partial charge is 0.411 e. The molecule has 0 unspecified atom stereocenters. The van der Waals surface area contributed by atoms with E-state index >= 15 is 0 Å². The van der Waals surface area contributed by atoms with E-state index in [1.165, 1.54) is 6.21 Å². The van der Waals surface area contributed by atoms with Crippen LogP contribution in [-0.2, 0) is 0 Å². The zero-order valence-corrected chi connectivity index (χ0v) is 8.90. The maximum atomic E-state index is 8.48. The normalized spacial score (nSPS) is 9.93. The molecule has 2 heteroatoms. The van der Waals surface area contributed by atoms with Gasteiger partial charge in [0.25, 0.3) is 0 Å².